The van der Waals surface area contributed by atoms with E-state index >= 15 is 0 Å². The molecule has 84 valence electrons. The van der Waals surface area contributed by atoms with Gasteiger partial charge in [-0.1, -0.05) is 32.6 Å². The molecule has 0 saturated carbocycles. The molecular formula is C12H24O2. The lowest BCUT2D eigenvalue weighted by atomic mass is 10.1. The van der Waals surface area contributed by atoms with Crippen LogP contribution in [0, 0.1) is 0 Å². The standard InChI is InChI=1S/C12H24O2/c1-3-12(14)10-8-6-4-5-7-9-11(2)13/h11,13H,3-10H2,1-2H3. The maximum absolute atomic E-state index is 11.0. The summed E-state index contributed by atoms with van der Waals surface area (Å²) in [6.07, 6.45) is 7.89. The Balaban J connectivity index is 3.03. The molecule has 0 aromatic heterocycles. The van der Waals surface area contributed by atoms with E-state index < -0.39 is 0 Å². The molecule has 0 aliphatic heterocycles. The highest BCUT2D eigenvalue weighted by Crippen LogP contribution is 2.09. The number of rotatable bonds is 9. The van der Waals surface area contributed by atoms with Gasteiger partial charge in [0.15, 0.2) is 0 Å². The van der Waals surface area contributed by atoms with E-state index in [0.717, 1.165) is 32.1 Å². The Labute approximate surface area is 87.7 Å². The highest BCUT2D eigenvalue weighted by Gasteiger charge is 1.98. The molecule has 2 nitrogen and oxygen atoms in total. The molecule has 0 rings (SSSR count). The zero-order valence-electron chi connectivity index (χ0n) is 9.59. The van der Waals surface area contributed by atoms with E-state index in [9.17, 15) is 4.79 Å². The Hall–Kier alpha value is -0.370. The van der Waals surface area contributed by atoms with E-state index in [1.807, 2.05) is 13.8 Å². The Kier molecular flexibility index (Phi) is 8.95. The zero-order valence-corrected chi connectivity index (χ0v) is 9.59. The van der Waals surface area contributed by atoms with Gasteiger partial charge in [-0.15, -0.1) is 0 Å². The van der Waals surface area contributed by atoms with Gasteiger partial charge < -0.3 is 5.11 Å². The molecule has 0 bridgehead atoms. The lowest BCUT2D eigenvalue weighted by Crippen LogP contribution is -1.98. The monoisotopic (exact) mass is 200 g/mol. The molecule has 1 unspecified atom stereocenters. The Morgan fingerprint density at radius 2 is 1.71 bits per heavy atom. The van der Waals surface area contributed by atoms with Gasteiger partial charge in [-0.25, -0.2) is 0 Å². The summed E-state index contributed by atoms with van der Waals surface area (Å²) in [6.45, 7) is 3.75. The third-order valence-corrected chi connectivity index (χ3v) is 2.47. The molecule has 0 radical (unpaired) electrons. The van der Waals surface area contributed by atoms with Crippen LogP contribution in [0.5, 0.6) is 0 Å². The number of hydrogen-bond acceptors (Lipinski definition) is 2. The Bertz CT molecular complexity index is 141. The number of unbranched alkanes of at least 4 members (excludes halogenated alkanes) is 4. The molecule has 0 aromatic carbocycles. The molecule has 1 atom stereocenters. The van der Waals surface area contributed by atoms with Crippen molar-refractivity contribution in [3.8, 4) is 0 Å². The van der Waals surface area contributed by atoms with Crippen molar-refractivity contribution in [2.75, 3.05) is 0 Å². The first-order valence-corrected chi connectivity index (χ1v) is 5.86. The minimum absolute atomic E-state index is 0.156. The fraction of sp³-hybridized carbons (Fsp3) is 0.917. The van der Waals surface area contributed by atoms with Gasteiger partial charge >= 0.3 is 0 Å². The van der Waals surface area contributed by atoms with Crippen molar-refractivity contribution < 1.29 is 9.90 Å². The summed E-state index contributed by atoms with van der Waals surface area (Å²) in [4.78, 5) is 11.0. The van der Waals surface area contributed by atoms with Crippen LogP contribution in [0.4, 0.5) is 0 Å². The van der Waals surface area contributed by atoms with Crippen LogP contribution in [0.25, 0.3) is 0 Å². The molecule has 0 saturated heterocycles. The Morgan fingerprint density at radius 1 is 1.14 bits per heavy atom. The smallest absolute Gasteiger partial charge is 0.132 e. The van der Waals surface area contributed by atoms with Crippen molar-refractivity contribution in [2.45, 2.75) is 71.3 Å². The third kappa shape index (κ3) is 9.72. The molecule has 0 heterocycles. The topological polar surface area (TPSA) is 37.3 Å². The number of aliphatic hydroxyl groups excluding tert-OH is 1. The van der Waals surface area contributed by atoms with E-state index in [4.69, 9.17) is 5.11 Å². The molecule has 0 amide bonds. The van der Waals surface area contributed by atoms with Crippen molar-refractivity contribution in [1.82, 2.24) is 0 Å². The summed E-state index contributed by atoms with van der Waals surface area (Å²) < 4.78 is 0. The molecular weight excluding hydrogens is 176 g/mol. The molecule has 0 aliphatic carbocycles. The van der Waals surface area contributed by atoms with E-state index in [0.29, 0.717) is 12.2 Å². The molecule has 0 spiro atoms. The summed E-state index contributed by atoms with van der Waals surface area (Å²) in [5, 5.41) is 9.02. The van der Waals surface area contributed by atoms with Crippen molar-refractivity contribution in [2.24, 2.45) is 0 Å². The highest BCUT2D eigenvalue weighted by atomic mass is 16.3. The van der Waals surface area contributed by atoms with Gasteiger partial charge in [0.05, 0.1) is 6.10 Å². The van der Waals surface area contributed by atoms with Gasteiger partial charge in [0.2, 0.25) is 0 Å². The SMILES string of the molecule is CCC(=O)CCCCCCCC(C)O. The minimum Gasteiger partial charge on any atom is -0.393 e. The average Bonchev–Trinajstić information content (AvgIpc) is 2.15. The van der Waals surface area contributed by atoms with E-state index in [1.54, 1.807) is 0 Å². The predicted octanol–water partition coefficient (Wildman–Crippen LogP) is 3.08. The maximum Gasteiger partial charge on any atom is 0.132 e. The van der Waals surface area contributed by atoms with E-state index in [1.165, 1.54) is 12.8 Å². The number of hydrogen-bond donors (Lipinski definition) is 1. The first kappa shape index (κ1) is 13.6. The fourth-order valence-electron chi connectivity index (χ4n) is 1.47. The van der Waals surface area contributed by atoms with Crippen LogP contribution in [0.3, 0.4) is 0 Å². The zero-order chi connectivity index (χ0) is 10.8. The fourth-order valence-corrected chi connectivity index (χ4v) is 1.47. The van der Waals surface area contributed by atoms with E-state index in [2.05, 4.69) is 0 Å². The quantitative estimate of drug-likeness (QED) is 0.581. The summed E-state index contributed by atoms with van der Waals surface area (Å²) in [7, 11) is 0. The summed E-state index contributed by atoms with van der Waals surface area (Å²) >= 11 is 0. The van der Waals surface area contributed by atoms with Crippen LogP contribution >= 0.6 is 0 Å². The molecule has 14 heavy (non-hydrogen) atoms. The van der Waals surface area contributed by atoms with Gasteiger partial charge in [-0.05, 0) is 19.8 Å². The first-order valence-electron chi connectivity index (χ1n) is 5.86. The number of aliphatic hydroxyl groups is 1. The first-order chi connectivity index (χ1) is 6.66. The van der Waals surface area contributed by atoms with Gasteiger partial charge in [0.1, 0.15) is 5.78 Å². The number of ketones is 1. The van der Waals surface area contributed by atoms with Gasteiger partial charge in [-0.2, -0.15) is 0 Å². The largest absolute Gasteiger partial charge is 0.393 e. The van der Waals surface area contributed by atoms with Crippen molar-refractivity contribution >= 4 is 5.78 Å². The summed E-state index contributed by atoms with van der Waals surface area (Å²) in [5.41, 5.74) is 0. The third-order valence-electron chi connectivity index (χ3n) is 2.47. The minimum atomic E-state index is -0.156. The van der Waals surface area contributed by atoms with Crippen LogP contribution in [0.15, 0.2) is 0 Å². The average molecular weight is 200 g/mol. The molecule has 0 fully saturated rings. The lowest BCUT2D eigenvalue weighted by molar-refractivity contribution is -0.118. The summed E-state index contributed by atoms with van der Waals surface area (Å²) in [6, 6.07) is 0. The van der Waals surface area contributed by atoms with Crippen molar-refractivity contribution in [3.63, 3.8) is 0 Å². The van der Waals surface area contributed by atoms with Gasteiger partial charge in [0, 0.05) is 12.8 Å². The van der Waals surface area contributed by atoms with Crippen LogP contribution in [-0.2, 0) is 4.79 Å². The normalized spacial score (nSPS) is 12.8. The molecule has 0 aliphatic rings. The molecule has 1 N–H and O–H groups in total. The number of carbonyl (C=O) groups excluding carboxylic acids is 1. The predicted molar refractivity (Wildman–Crippen MR) is 59.3 cm³/mol. The summed E-state index contributed by atoms with van der Waals surface area (Å²) in [5.74, 6) is 0.383. The Morgan fingerprint density at radius 3 is 2.29 bits per heavy atom. The second-order valence-corrected chi connectivity index (χ2v) is 4.05. The van der Waals surface area contributed by atoms with Crippen LogP contribution in [0.1, 0.15) is 65.2 Å². The van der Waals surface area contributed by atoms with Crippen molar-refractivity contribution in [1.29, 1.82) is 0 Å². The number of Topliss-reactive ketones (excluding diaryl/α,β-unsaturated/α-hetero) is 1. The van der Waals surface area contributed by atoms with Crippen LogP contribution < -0.4 is 0 Å². The van der Waals surface area contributed by atoms with Crippen molar-refractivity contribution in [3.05, 3.63) is 0 Å². The lowest BCUT2D eigenvalue weighted by Gasteiger charge is -2.03. The molecule has 2 heteroatoms. The van der Waals surface area contributed by atoms with Crippen LogP contribution in [-0.4, -0.2) is 17.0 Å². The number of carbonyl (C=O) groups is 1. The maximum atomic E-state index is 11.0. The van der Waals surface area contributed by atoms with Crippen LogP contribution in [0.2, 0.25) is 0 Å². The molecule has 0 aromatic rings. The van der Waals surface area contributed by atoms with E-state index in [-0.39, 0.29) is 6.10 Å². The second kappa shape index (κ2) is 9.20. The van der Waals surface area contributed by atoms with Gasteiger partial charge in [-0.3, -0.25) is 4.79 Å². The second-order valence-electron chi connectivity index (χ2n) is 4.05. The van der Waals surface area contributed by atoms with Gasteiger partial charge in [0.25, 0.3) is 0 Å². The highest BCUT2D eigenvalue weighted by molar-refractivity contribution is 5.77.